The van der Waals surface area contributed by atoms with E-state index in [0.29, 0.717) is 23.9 Å². The van der Waals surface area contributed by atoms with Crippen LogP contribution in [-0.2, 0) is 31.6 Å². The SMILES string of the molecule is O=P(O)(O)OP(=O)(O)OP(=O)(O)OC[C@H]1O[C@@H](n2cnc3c(NCCCCCCNC4CCCCCCCCCCC4)ncnc32)C(O)C1O. The number of nitrogens with one attached hydrogen (secondary N) is 2. The van der Waals surface area contributed by atoms with Gasteiger partial charge in [0.2, 0.25) is 0 Å². The quantitative estimate of drug-likeness (QED) is 0.0832. The number of anilines is 1. The van der Waals surface area contributed by atoms with Crippen LogP contribution in [0, 0.1) is 0 Å². The molecule has 0 bridgehead atoms. The number of rotatable bonds is 17. The van der Waals surface area contributed by atoms with Gasteiger partial charge in [0.25, 0.3) is 0 Å². The number of ether oxygens (including phenoxy) is 1. The first kappa shape index (κ1) is 41.4. The van der Waals surface area contributed by atoms with E-state index in [0.717, 1.165) is 32.2 Å². The molecule has 19 nitrogen and oxygen atoms in total. The Labute approximate surface area is 291 Å². The van der Waals surface area contributed by atoms with Crippen molar-refractivity contribution in [2.45, 2.75) is 127 Å². The molecular weight excluding hydrogens is 721 g/mol. The average Bonchev–Trinajstić information content (AvgIpc) is 3.57. The number of nitrogens with zero attached hydrogens (tertiary/aromatic N) is 4. The Morgan fingerprint density at radius 2 is 1.40 bits per heavy atom. The Morgan fingerprint density at radius 3 is 2.04 bits per heavy atom. The summed E-state index contributed by atoms with van der Waals surface area (Å²) in [6, 6.07) is 0.627. The fourth-order valence-electron chi connectivity index (χ4n) is 6.22. The zero-order valence-corrected chi connectivity index (χ0v) is 30.6. The molecule has 0 radical (unpaired) electrons. The largest absolute Gasteiger partial charge is 0.490 e. The van der Waals surface area contributed by atoms with Crippen LogP contribution in [-0.4, -0.2) is 93.4 Å². The van der Waals surface area contributed by atoms with E-state index in [9.17, 15) is 33.7 Å². The van der Waals surface area contributed by atoms with E-state index in [-0.39, 0.29) is 5.65 Å². The van der Waals surface area contributed by atoms with Gasteiger partial charge in [-0.15, -0.1) is 0 Å². The molecule has 4 rings (SSSR count). The first-order valence-electron chi connectivity index (χ1n) is 17.2. The molecule has 0 spiro atoms. The number of phosphoric ester groups is 1. The number of unbranched alkanes of at least 4 members (excludes halogenated alkanes) is 3. The second-order valence-corrected chi connectivity index (χ2v) is 17.2. The molecule has 8 N–H and O–H groups in total. The molecule has 2 fully saturated rings. The van der Waals surface area contributed by atoms with Crippen LogP contribution in [0.2, 0.25) is 0 Å². The maximum atomic E-state index is 12.1. The summed E-state index contributed by atoms with van der Waals surface area (Å²) < 4.78 is 53.3. The molecule has 2 aromatic heterocycles. The first-order chi connectivity index (χ1) is 23.7. The maximum absolute atomic E-state index is 12.1. The van der Waals surface area contributed by atoms with E-state index in [1.54, 1.807) is 0 Å². The third kappa shape index (κ3) is 13.5. The van der Waals surface area contributed by atoms with Crippen molar-refractivity contribution in [1.29, 1.82) is 0 Å². The molecule has 6 atom stereocenters. The summed E-state index contributed by atoms with van der Waals surface area (Å²) in [5, 5.41) is 28.3. The predicted molar refractivity (Wildman–Crippen MR) is 181 cm³/mol. The zero-order chi connectivity index (χ0) is 36.2. The van der Waals surface area contributed by atoms with E-state index in [1.807, 2.05) is 0 Å². The Hall–Kier alpha value is -1.40. The Kier molecular flexibility index (Phi) is 16.2. The lowest BCUT2D eigenvalue weighted by Gasteiger charge is -2.19. The highest BCUT2D eigenvalue weighted by Gasteiger charge is 2.47. The minimum absolute atomic E-state index is 0.269. The van der Waals surface area contributed by atoms with Crippen molar-refractivity contribution in [3.63, 3.8) is 0 Å². The van der Waals surface area contributed by atoms with Gasteiger partial charge < -0.3 is 45.2 Å². The van der Waals surface area contributed by atoms with Crippen LogP contribution in [0.25, 0.3) is 11.2 Å². The van der Waals surface area contributed by atoms with Crippen LogP contribution < -0.4 is 10.6 Å². The second-order valence-electron chi connectivity index (χ2n) is 12.7. The van der Waals surface area contributed by atoms with Crippen molar-refractivity contribution in [3.8, 4) is 0 Å². The van der Waals surface area contributed by atoms with Crippen LogP contribution in [0.5, 0.6) is 0 Å². The molecule has 50 heavy (non-hydrogen) atoms. The fraction of sp³-hybridized carbons (Fsp3) is 0.821. The standard InChI is InChI=1S/C28H51N6O13P3/c35-24-22(18-44-49(40,41)47-50(42,43)46-48(37,38)39)45-28(25(24)36)34-20-33-23-26(31-19-32-27(23)34)30-17-13-9-8-12-16-29-21-14-10-6-4-2-1-3-5-7-11-15-21/h19-22,24-25,28-29,35-36H,1-18H2,(H,40,41)(H,42,43)(H,30,31,32)(H2,37,38,39)/t22-,24?,25?,28-/m1/s1. The van der Waals surface area contributed by atoms with Gasteiger partial charge in [-0.1, -0.05) is 70.6 Å². The number of fused-ring (bicyclic) bond motifs is 1. The van der Waals surface area contributed by atoms with Crippen LogP contribution in [0.4, 0.5) is 5.82 Å². The number of imidazole rings is 1. The summed E-state index contributed by atoms with van der Waals surface area (Å²) in [4.78, 5) is 49.2. The van der Waals surface area contributed by atoms with Gasteiger partial charge in [0.15, 0.2) is 23.2 Å². The smallest absolute Gasteiger partial charge is 0.387 e. The number of aliphatic hydroxyl groups excluding tert-OH is 2. The second kappa shape index (κ2) is 19.6. The lowest BCUT2D eigenvalue weighted by Crippen LogP contribution is -2.33. The van der Waals surface area contributed by atoms with Crippen molar-refractivity contribution in [1.82, 2.24) is 24.8 Å². The fourth-order valence-corrected chi connectivity index (χ4v) is 9.25. The zero-order valence-electron chi connectivity index (χ0n) is 27.9. The molecule has 3 heterocycles. The highest BCUT2D eigenvalue weighted by Crippen LogP contribution is 2.66. The van der Waals surface area contributed by atoms with Gasteiger partial charge in [-0.05, 0) is 32.2 Å². The van der Waals surface area contributed by atoms with Crippen LogP contribution in [0.15, 0.2) is 12.7 Å². The van der Waals surface area contributed by atoms with Crippen molar-refractivity contribution >= 4 is 40.4 Å². The molecule has 2 aliphatic rings. The summed E-state index contributed by atoms with van der Waals surface area (Å²) in [5.41, 5.74) is 0.654. The Morgan fingerprint density at radius 1 is 0.780 bits per heavy atom. The molecule has 1 saturated carbocycles. The number of hydrogen-bond donors (Lipinski definition) is 8. The number of aromatic nitrogens is 4. The van der Waals surface area contributed by atoms with E-state index in [1.165, 1.54) is 87.9 Å². The van der Waals surface area contributed by atoms with Crippen molar-refractivity contribution in [2.75, 3.05) is 25.0 Å². The van der Waals surface area contributed by atoms with Crippen molar-refractivity contribution in [2.24, 2.45) is 0 Å². The predicted octanol–water partition coefficient (Wildman–Crippen LogP) is 4.02. The topological polar surface area (TPSA) is 277 Å². The molecule has 286 valence electrons. The van der Waals surface area contributed by atoms with Crippen LogP contribution in [0.3, 0.4) is 0 Å². The number of phosphoric acid groups is 3. The van der Waals surface area contributed by atoms with Gasteiger partial charge in [0, 0.05) is 12.6 Å². The molecule has 4 unspecified atom stereocenters. The summed E-state index contributed by atoms with van der Waals surface area (Å²) in [7, 11) is -16.8. The first-order valence-corrected chi connectivity index (χ1v) is 21.7. The average molecular weight is 773 g/mol. The van der Waals surface area contributed by atoms with E-state index >= 15 is 0 Å². The normalized spacial score (nSPS) is 25.8. The number of hydrogen-bond acceptors (Lipinski definition) is 14. The van der Waals surface area contributed by atoms with Gasteiger partial charge in [0.05, 0.1) is 12.9 Å². The lowest BCUT2D eigenvalue weighted by molar-refractivity contribution is -0.0503. The van der Waals surface area contributed by atoms with Crippen molar-refractivity contribution < 1.29 is 61.4 Å². The molecule has 2 aromatic rings. The maximum Gasteiger partial charge on any atom is 0.490 e. The van der Waals surface area contributed by atoms with E-state index in [2.05, 4.69) is 38.7 Å². The number of aliphatic hydroxyl groups is 2. The van der Waals surface area contributed by atoms with Crippen LogP contribution in [0.1, 0.15) is 103 Å². The monoisotopic (exact) mass is 772 g/mol. The summed E-state index contributed by atoms with van der Waals surface area (Å²) >= 11 is 0. The molecule has 1 aliphatic heterocycles. The third-order valence-electron chi connectivity index (χ3n) is 8.72. The molecule has 1 saturated heterocycles. The minimum atomic E-state index is -5.73. The Bertz CT molecular complexity index is 1470. The van der Waals surface area contributed by atoms with Gasteiger partial charge in [-0.25, -0.2) is 28.6 Å². The molecule has 1 aliphatic carbocycles. The van der Waals surface area contributed by atoms with Crippen LogP contribution >= 0.6 is 23.5 Å². The lowest BCUT2D eigenvalue weighted by atomic mass is 9.98. The van der Waals surface area contributed by atoms with Gasteiger partial charge >= 0.3 is 23.5 Å². The van der Waals surface area contributed by atoms with Crippen molar-refractivity contribution in [3.05, 3.63) is 12.7 Å². The molecule has 0 amide bonds. The summed E-state index contributed by atoms with van der Waals surface area (Å²) in [5.74, 6) is 0.468. The van der Waals surface area contributed by atoms with E-state index in [4.69, 9.17) is 14.5 Å². The third-order valence-corrected chi connectivity index (χ3v) is 12.5. The molecule has 0 aromatic carbocycles. The van der Waals surface area contributed by atoms with E-state index < -0.39 is 54.6 Å². The van der Waals surface area contributed by atoms with Gasteiger partial charge in [-0.2, -0.15) is 8.62 Å². The minimum Gasteiger partial charge on any atom is -0.387 e. The molecule has 22 heteroatoms. The summed E-state index contributed by atoms with van der Waals surface area (Å²) in [6.45, 7) is 0.744. The highest BCUT2D eigenvalue weighted by molar-refractivity contribution is 7.66. The van der Waals surface area contributed by atoms with Gasteiger partial charge in [-0.3, -0.25) is 9.09 Å². The molecular formula is C28H51N6O13P3. The van der Waals surface area contributed by atoms with Gasteiger partial charge in [0.1, 0.15) is 24.6 Å². The Balaban J connectivity index is 1.20. The summed E-state index contributed by atoms with van der Waals surface area (Å²) in [6.07, 6.45) is 15.6. The highest BCUT2D eigenvalue weighted by atomic mass is 31.3.